The molecule has 1 amide bonds. The Morgan fingerprint density at radius 2 is 2.20 bits per heavy atom. The van der Waals surface area contributed by atoms with E-state index >= 15 is 0 Å². The quantitative estimate of drug-likeness (QED) is 0.818. The van der Waals surface area contributed by atoms with Crippen LogP contribution in [0, 0.1) is 0 Å². The summed E-state index contributed by atoms with van der Waals surface area (Å²) in [4.78, 5) is 11.8. The maximum atomic E-state index is 11.8. The van der Waals surface area contributed by atoms with Crippen molar-refractivity contribution < 1.29 is 4.79 Å². The summed E-state index contributed by atoms with van der Waals surface area (Å²) in [7, 11) is 0. The van der Waals surface area contributed by atoms with Crippen LogP contribution in [0.25, 0.3) is 0 Å². The molecule has 1 aromatic heterocycles. The monoisotopic (exact) mass is 209 g/mol. The van der Waals surface area contributed by atoms with E-state index in [-0.39, 0.29) is 11.9 Å². The second-order valence-corrected chi connectivity index (χ2v) is 3.82. The standard InChI is InChI=1S/C11H19N3O/c1-5-9-7-10(14(6-2)13-9)11(15)12-8(3)4/h7-8H,5-6H2,1-4H3,(H,12,15). The van der Waals surface area contributed by atoms with Crippen LogP contribution in [0.2, 0.25) is 0 Å². The normalized spacial score (nSPS) is 10.7. The average molecular weight is 209 g/mol. The Bertz CT molecular complexity index is 342. The Balaban J connectivity index is 2.91. The number of hydrogen-bond donors (Lipinski definition) is 1. The predicted molar refractivity (Wildman–Crippen MR) is 59.9 cm³/mol. The van der Waals surface area contributed by atoms with E-state index in [0.29, 0.717) is 5.69 Å². The minimum atomic E-state index is -0.0425. The first kappa shape index (κ1) is 11.8. The van der Waals surface area contributed by atoms with Gasteiger partial charge in [0, 0.05) is 12.6 Å². The molecule has 1 N–H and O–H groups in total. The van der Waals surface area contributed by atoms with Gasteiger partial charge in [-0.05, 0) is 33.3 Å². The van der Waals surface area contributed by atoms with Crippen LogP contribution in [0.15, 0.2) is 6.07 Å². The molecule has 0 atom stereocenters. The first-order valence-electron chi connectivity index (χ1n) is 5.46. The van der Waals surface area contributed by atoms with E-state index in [2.05, 4.69) is 10.4 Å². The zero-order valence-electron chi connectivity index (χ0n) is 9.87. The third-order valence-corrected chi connectivity index (χ3v) is 2.14. The number of aryl methyl sites for hydroxylation is 2. The maximum Gasteiger partial charge on any atom is 0.269 e. The SMILES string of the molecule is CCc1cc(C(=O)NC(C)C)n(CC)n1. The van der Waals surface area contributed by atoms with Gasteiger partial charge in [0.2, 0.25) is 0 Å². The molecule has 0 fully saturated rings. The molecule has 0 spiro atoms. The van der Waals surface area contributed by atoms with Gasteiger partial charge in [-0.25, -0.2) is 0 Å². The van der Waals surface area contributed by atoms with Crippen molar-refractivity contribution in [2.24, 2.45) is 0 Å². The van der Waals surface area contributed by atoms with E-state index in [9.17, 15) is 4.79 Å². The van der Waals surface area contributed by atoms with Crippen LogP contribution in [0.1, 0.15) is 43.9 Å². The largest absolute Gasteiger partial charge is 0.349 e. The number of amides is 1. The molecule has 1 heterocycles. The molecule has 0 aliphatic carbocycles. The van der Waals surface area contributed by atoms with E-state index < -0.39 is 0 Å². The Kier molecular flexibility index (Phi) is 3.88. The molecule has 1 rings (SSSR count). The summed E-state index contributed by atoms with van der Waals surface area (Å²) in [6.07, 6.45) is 0.856. The van der Waals surface area contributed by atoms with Crippen molar-refractivity contribution in [1.82, 2.24) is 15.1 Å². The highest BCUT2D eigenvalue weighted by molar-refractivity contribution is 5.92. The molecule has 0 radical (unpaired) electrons. The highest BCUT2D eigenvalue weighted by Gasteiger charge is 2.14. The van der Waals surface area contributed by atoms with Gasteiger partial charge in [0.1, 0.15) is 5.69 Å². The van der Waals surface area contributed by atoms with Gasteiger partial charge in [-0.2, -0.15) is 5.10 Å². The van der Waals surface area contributed by atoms with Crippen LogP contribution in [-0.4, -0.2) is 21.7 Å². The van der Waals surface area contributed by atoms with Crippen molar-refractivity contribution in [1.29, 1.82) is 0 Å². The lowest BCUT2D eigenvalue weighted by molar-refractivity contribution is 0.0932. The fraction of sp³-hybridized carbons (Fsp3) is 0.636. The Morgan fingerprint density at radius 3 is 2.67 bits per heavy atom. The average Bonchev–Trinajstić information content (AvgIpc) is 2.59. The molecule has 15 heavy (non-hydrogen) atoms. The number of carbonyl (C=O) groups is 1. The second kappa shape index (κ2) is 4.96. The van der Waals surface area contributed by atoms with Crippen LogP contribution in [0.3, 0.4) is 0 Å². The molecule has 0 unspecified atom stereocenters. The molecule has 0 aliphatic heterocycles. The van der Waals surface area contributed by atoms with Crippen molar-refractivity contribution in [3.8, 4) is 0 Å². The third kappa shape index (κ3) is 2.81. The lowest BCUT2D eigenvalue weighted by Gasteiger charge is -2.08. The zero-order valence-corrected chi connectivity index (χ0v) is 9.87. The minimum absolute atomic E-state index is 0.0425. The number of aromatic nitrogens is 2. The Hall–Kier alpha value is -1.32. The summed E-state index contributed by atoms with van der Waals surface area (Å²) >= 11 is 0. The van der Waals surface area contributed by atoms with E-state index in [4.69, 9.17) is 0 Å². The number of hydrogen-bond acceptors (Lipinski definition) is 2. The molecular weight excluding hydrogens is 190 g/mol. The van der Waals surface area contributed by atoms with Gasteiger partial charge in [-0.1, -0.05) is 6.92 Å². The van der Waals surface area contributed by atoms with Gasteiger partial charge in [0.15, 0.2) is 0 Å². The highest BCUT2D eigenvalue weighted by atomic mass is 16.2. The Morgan fingerprint density at radius 1 is 1.53 bits per heavy atom. The van der Waals surface area contributed by atoms with E-state index in [1.165, 1.54) is 0 Å². The summed E-state index contributed by atoms with van der Waals surface area (Å²) in [5.41, 5.74) is 1.62. The molecule has 4 nitrogen and oxygen atoms in total. The van der Waals surface area contributed by atoms with Crippen LogP contribution in [0.5, 0.6) is 0 Å². The number of nitrogens with zero attached hydrogens (tertiary/aromatic N) is 2. The molecule has 0 aromatic carbocycles. The number of rotatable bonds is 4. The lowest BCUT2D eigenvalue weighted by atomic mass is 10.3. The van der Waals surface area contributed by atoms with E-state index in [0.717, 1.165) is 18.7 Å². The van der Waals surface area contributed by atoms with Crippen molar-refractivity contribution >= 4 is 5.91 Å². The lowest BCUT2D eigenvalue weighted by Crippen LogP contribution is -2.31. The fourth-order valence-electron chi connectivity index (χ4n) is 1.40. The summed E-state index contributed by atoms with van der Waals surface area (Å²) in [6, 6.07) is 2.02. The topological polar surface area (TPSA) is 46.9 Å². The molecule has 0 saturated heterocycles. The van der Waals surface area contributed by atoms with Gasteiger partial charge in [-0.3, -0.25) is 9.48 Å². The van der Waals surface area contributed by atoms with Gasteiger partial charge in [-0.15, -0.1) is 0 Å². The molecule has 0 saturated carbocycles. The van der Waals surface area contributed by atoms with Gasteiger partial charge >= 0.3 is 0 Å². The van der Waals surface area contributed by atoms with Crippen LogP contribution < -0.4 is 5.32 Å². The summed E-state index contributed by atoms with van der Waals surface area (Å²) in [6.45, 7) is 8.64. The van der Waals surface area contributed by atoms with Crippen molar-refractivity contribution in [2.45, 2.75) is 46.7 Å². The smallest absolute Gasteiger partial charge is 0.269 e. The van der Waals surface area contributed by atoms with Gasteiger partial charge in [0.05, 0.1) is 5.69 Å². The molecule has 84 valence electrons. The third-order valence-electron chi connectivity index (χ3n) is 2.14. The molecule has 0 bridgehead atoms. The van der Waals surface area contributed by atoms with Gasteiger partial charge in [0.25, 0.3) is 5.91 Å². The summed E-state index contributed by atoms with van der Waals surface area (Å²) < 4.78 is 1.75. The van der Waals surface area contributed by atoms with E-state index in [1.54, 1.807) is 4.68 Å². The van der Waals surface area contributed by atoms with Crippen molar-refractivity contribution in [3.63, 3.8) is 0 Å². The first-order chi connectivity index (χ1) is 7.08. The maximum absolute atomic E-state index is 11.8. The summed E-state index contributed by atoms with van der Waals surface area (Å²) in [5, 5.41) is 7.20. The second-order valence-electron chi connectivity index (χ2n) is 3.82. The summed E-state index contributed by atoms with van der Waals surface area (Å²) in [5.74, 6) is -0.0425. The molecular formula is C11H19N3O. The van der Waals surface area contributed by atoms with Gasteiger partial charge < -0.3 is 5.32 Å². The highest BCUT2D eigenvalue weighted by Crippen LogP contribution is 2.05. The molecule has 4 heteroatoms. The van der Waals surface area contributed by atoms with Crippen LogP contribution >= 0.6 is 0 Å². The minimum Gasteiger partial charge on any atom is -0.349 e. The number of nitrogens with one attached hydrogen (secondary N) is 1. The fourth-order valence-corrected chi connectivity index (χ4v) is 1.40. The molecule has 0 aliphatic rings. The van der Waals surface area contributed by atoms with Crippen molar-refractivity contribution in [2.75, 3.05) is 0 Å². The van der Waals surface area contributed by atoms with Crippen LogP contribution in [0.4, 0.5) is 0 Å². The number of carbonyl (C=O) groups excluding carboxylic acids is 1. The predicted octanol–water partition coefficient (Wildman–Crippen LogP) is 1.60. The molecule has 1 aromatic rings. The van der Waals surface area contributed by atoms with Crippen molar-refractivity contribution in [3.05, 3.63) is 17.5 Å². The zero-order chi connectivity index (χ0) is 11.4. The Labute approximate surface area is 90.7 Å². The van der Waals surface area contributed by atoms with E-state index in [1.807, 2.05) is 33.8 Å². The van der Waals surface area contributed by atoms with Crippen LogP contribution in [-0.2, 0) is 13.0 Å². The first-order valence-corrected chi connectivity index (χ1v) is 5.46.